The first-order valence-electron chi connectivity index (χ1n) is 4.96. The Kier molecular flexibility index (Phi) is 4.04. The Morgan fingerprint density at radius 3 is 2.73 bits per heavy atom. The fourth-order valence-corrected chi connectivity index (χ4v) is 1.90. The first kappa shape index (κ1) is 12.4. The lowest BCUT2D eigenvalue weighted by Gasteiger charge is -2.17. The van der Waals surface area contributed by atoms with Gasteiger partial charge < -0.3 is 5.73 Å². The molecule has 0 aliphatic carbocycles. The Bertz CT molecular complexity index is 342. The van der Waals surface area contributed by atoms with Crippen LogP contribution in [0.2, 0.25) is 0 Å². The summed E-state index contributed by atoms with van der Waals surface area (Å²) in [6.07, 6.45) is 2.50. The van der Waals surface area contributed by atoms with E-state index in [0.717, 1.165) is 6.42 Å². The largest absolute Gasteiger partial charge is 0.321 e. The van der Waals surface area contributed by atoms with Gasteiger partial charge in [-0.05, 0) is 21.8 Å². The number of hydrogen-bond donors (Lipinski definition) is 1. The number of nitrogens with zero attached hydrogens (tertiary/aromatic N) is 2. The van der Waals surface area contributed by atoms with Gasteiger partial charge in [-0.3, -0.25) is 9.48 Å². The minimum absolute atomic E-state index is 0.0591. The van der Waals surface area contributed by atoms with Gasteiger partial charge in [0.25, 0.3) is 0 Å². The summed E-state index contributed by atoms with van der Waals surface area (Å²) in [4.78, 5) is 12.0. The van der Waals surface area contributed by atoms with Gasteiger partial charge in [-0.15, -0.1) is 0 Å². The average molecular weight is 274 g/mol. The van der Waals surface area contributed by atoms with Crippen LogP contribution in [0.5, 0.6) is 0 Å². The number of aryl methyl sites for hydroxylation is 1. The fraction of sp³-hybridized carbons (Fsp3) is 0.600. The predicted octanol–water partition coefficient (Wildman–Crippen LogP) is 1.74. The van der Waals surface area contributed by atoms with Crippen LogP contribution in [-0.4, -0.2) is 21.6 Å². The lowest BCUT2D eigenvalue weighted by atomic mass is 9.95. The first-order valence-corrected chi connectivity index (χ1v) is 5.75. The van der Waals surface area contributed by atoms with Crippen LogP contribution in [0.1, 0.15) is 30.8 Å². The third kappa shape index (κ3) is 2.46. The monoisotopic (exact) mass is 273 g/mol. The summed E-state index contributed by atoms with van der Waals surface area (Å²) in [6, 6.07) is -0.457. The van der Waals surface area contributed by atoms with Crippen LogP contribution in [0.3, 0.4) is 0 Å². The normalized spacial score (nSPS) is 15.0. The number of hydrogen-bond acceptors (Lipinski definition) is 3. The molecule has 2 N–H and O–H groups in total. The van der Waals surface area contributed by atoms with Crippen molar-refractivity contribution < 1.29 is 4.79 Å². The van der Waals surface area contributed by atoms with E-state index in [1.165, 1.54) is 0 Å². The van der Waals surface area contributed by atoms with Gasteiger partial charge in [0.05, 0.1) is 16.7 Å². The minimum Gasteiger partial charge on any atom is -0.321 e. The SMILES string of the molecule is CCC(C)C(N)C(=O)c1c(Br)cnn1C. The molecule has 84 valence electrons. The number of rotatable bonds is 4. The van der Waals surface area contributed by atoms with E-state index >= 15 is 0 Å². The molecule has 0 aromatic carbocycles. The molecule has 0 spiro atoms. The van der Waals surface area contributed by atoms with E-state index in [-0.39, 0.29) is 11.7 Å². The van der Waals surface area contributed by atoms with Crippen molar-refractivity contribution in [3.63, 3.8) is 0 Å². The van der Waals surface area contributed by atoms with Crippen molar-refractivity contribution in [1.29, 1.82) is 0 Å². The number of carbonyl (C=O) groups is 1. The van der Waals surface area contributed by atoms with Crippen molar-refractivity contribution in [3.8, 4) is 0 Å². The number of nitrogens with two attached hydrogens (primary N) is 1. The maximum absolute atomic E-state index is 12.0. The highest BCUT2D eigenvalue weighted by molar-refractivity contribution is 9.10. The molecule has 0 bridgehead atoms. The average Bonchev–Trinajstić information content (AvgIpc) is 2.55. The van der Waals surface area contributed by atoms with Crippen LogP contribution < -0.4 is 5.73 Å². The smallest absolute Gasteiger partial charge is 0.198 e. The summed E-state index contributed by atoms with van der Waals surface area (Å²) in [5.74, 6) is 0.121. The highest BCUT2D eigenvalue weighted by atomic mass is 79.9. The van der Waals surface area contributed by atoms with Gasteiger partial charge in [-0.2, -0.15) is 5.10 Å². The van der Waals surface area contributed by atoms with Crippen LogP contribution in [0.4, 0.5) is 0 Å². The maximum atomic E-state index is 12.0. The van der Waals surface area contributed by atoms with Gasteiger partial charge in [-0.1, -0.05) is 20.3 Å². The van der Waals surface area contributed by atoms with E-state index in [2.05, 4.69) is 21.0 Å². The fourth-order valence-electron chi connectivity index (χ4n) is 1.36. The van der Waals surface area contributed by atoms with Crippen LogP contribution in [0.15, 0.2) is 10.7 Å². The summed E-state index contributed by atoms with van der Waals surface area (Å²) < 4.78 is 2.25. The molecular weight excluding hydrogens is 258 g/mol. The summed E-state index contributed by atoms with van der Waals surface area (Å²) in [7, 11) is 1.74. The maximum Gasteiger partial charge on any atom is 0.198 e. The lowest BCUT2D eigenvalue weighted by molar-refractivity contribution is 0.0924. The molecule has 1 aromatic rings. The van der Waals surface area contributed by atoms with Gasteiger partial charge in [0.1, 0.15) is 5.69 Å². The number of halogens is 1. The second-order valence-corrected chi connectivity index (χ2v) is 4.59. The standard InChI is InChI=1S/C10H16BrN3O/c1-4-6(2)8(12)10(15)9-7(11)5-13-14(9)3/h5-6,8H,4,12H2,1-3H3. The van der Waals surface area contributed by atoms with Crippen LogP contribution in [-0.2, 0) is 7.05 Å². The lowest BCUT2D eigenvalue weighted by Crippen LogP contribution is -2.37. The molecule has 0 fully saturated rings. The Hall–Kier alpha value is -0.680. The van der Waals surface area contributed by atoms with Gasteiger partial charge in [-0.25, -0.2) is 0 Å². The van der Waals surface area contributed by atoms with Crippen molar-refractivity contribution in [2.45, 2.75) is 26.3 Å². The summed E-state index contributed by atoms with van der Waals surface area (Å²) in [5, 5.41) is 4.00. The van der Waals surface area contributed by atoms with E-state index < -0.39 is 6.04 Å². The summed E-state index contributed by atoms with van der Waals surface area (Å²) in [5.41, 5.74) is 6.43. The van der Waals surface area contributed by atoms with Crippen molar-refractivity contribution in [3.05, 3.63) is 16.4 Å². The Morgan fingerprint density at radius 2 is 2.33 bits per heavy atom. The zero-order valence-corrected chi connectivity index (χ0v) is 10.8. The molecule has 0 amide bonds. The van der Waals surface area contributed by atoms with Crippen molar-refractivity contribution >= 4 is 21.7 Å². The predicted molar refractivity (Wildman–Crippen MR) is 62.7 cm³/mol. The first-order chi connectivity index (χ1) is 6.99. The van der Waals surface area contributed by atoms with Crippen LogP contribution in [0.25, 0.3) is 0 Å². The number of ketones is 1. The highest BCUT2D eigenvalue weighted by Crippen LogP contribution is 2.19. The molecule has 1 aromatic heterocycles. The van der Waals surface area contributed by atoms with E-state index in [9.17, 15) is 4.79 Å². The topological polar surface area (TPSA) is 60.9 Å². The Labute approximate surface area is 98.0 Å². The molecule has 4 nitrogen and oxygen atoms in total. The Morgan fingerprint density at radius 1 is 1.73 bits per heavy atom. The van der Waals surface area contributed by atoms with Crippen molar-refractivity contribution in [1.82, 2.24) is 9.78 Å². The van der Waals surface area contributed by atoms with Gasteiger partial charge in [0.15, 0.2) is 5.78 Å². The number of Topliss-reactive ketones (excluding diaryl/α,β-unsaturated/α-hetero) is 1. The molecule has 15 heavy (non-hydrogen) atoms. The van der Waals surface area contributed by atoms with Gasteiger partial charge >= 0.3 is 0 Å². The van der Waals surface area contributed by atoms with Crippen LogP contribution >= 0.6 is 15.9 Å². The van der Waals surface area contributed by atoms with E-state index in [1.807, 2.05) is 13.8 Å². The molecule has 1 heterocycles. The third-order valence-corrected chi connectivity index (χ3v) is 3.27. The zero-order valence-electron chi connectivity index (χ0n) is 9.20. The third-order valence-electron chi connectivity index (χ3n) is 2.69. The van der Waals surface area contributed by atoms with Gasteiger partial charge in [0, 0.05) is 7.05 Å². The molecule has 5 heteroatoms. The van der Waals surface area contributed by atoms with Crippen molar-refractivity contribution in [2.75, 3.05) is 0 Å². The second-order valence-electron chi connectivity index (χ2n) is 3.74. The molecule has 0 saturated carbocycles. The summed E-state index contributed by atoms with van der Waals surface area (Å²) >= 11 is 3.30. The van der Waals surface area contributed by atoms with E-state index in [1.54, 1.807) is 17.9 Å². The molecule has 0 aliphatic rings. The van der Waals surface area contributed by atoms with Crippen molar-refractivity contribution in [2.24, 2.45) is 18.7 Å². The van der Waals surface area contributed by atoms with E-state index in [0.29, 0.717) is 10.2 Å². The molecule has 2 unspecified atom stereocenters. The zero-order chi connectivity index (χ0) is 11.6. The number of aromatic nitrogens is 2. The van der Waals surface area contributed by atoms with Crippen LogP contribution in [0, 0.1) is 5.92 Å². The molecular formula is C10H16BrN3O. The second kappa shape index (κ2) is 4.90. The molecule has 0 radical (unpaired) electrons. The van der Waals surface area contributed by atoms with Gasteiger partial charge in [0.2, 0.25) is 0 Å². The number of carbonyl (C=O) groups excluding carboxylic acids is 1. The van der Waals surface area contributed by atoms with E-state index in [4.69, 9.17) is 5.73 Å². The molecule has 0 aliphatic heterocycles. The molecule has 0 saturated heterocycles. The quantitative estimate of drug-likeness (QED) is 0.851. The summed E-state index contributed by atoms with van der Waals surface area (Å²) in [6.45, 7) is 4.00. The highest BCUT2D eigenvalue weighted by Gasteiger charge is 2.25. The minimum atomic E-state index is -0.457. The molecule has 2 atom stereocenters. The Balaban J connectivity index is 2.94. The molecule has 1 rings (SSSR count).